The van der Waals surface area contributed by atoms with E-state index in [9.17, 15) is 9.59 Å². The van der Waals surface area contributed by atoms with E-state index in [0.717, 1.165) is 0 Å². The quantitative estimate of drug-likeness (QED) is 0.642. The second-order valence-electron chi connectivity index (χ2n) is 3.87. The summed E-state index contributed by atoms with van der Waals surface area (Å²) in [5.41, 5.74) is 0.501. The summed E-state index contributed by atoms with van der Waals surface area (Å²) < 4.78 is 4.84. The van der Waals surface area contributed by atoms with Crippen LogP contribution in [-0.2, 0) is 9.53 Å². The lowest BCUT2D eigenvalue weighted by atomic mass is 10.1. The average molecular weight is 267 g/mol. The lowest BCUT2D eigenvalue weighted by Gasteiger charge is -2.14. The molecule has 1 rings (SSSR count). The molecule has 19 heavy (non-hydrogen) atoms. The number of carbonyl (C=O) groups excluding carboxylic acids is 1. The molecule has 0 fully saturated rings. The Balaban J connectivity index is 2.45. The van der Waals surface area contributed by atoms with E-state index in [1.54, 1.807) is 18.3 Å². The van der Waals surface area contributed by atoms with Crippen LogP contribution in [0.1, 0.15) is 12.8 Å². The van der Waals surface area contributed by atoms with Gasteiger partial charge in [-0.25, -0.2) is 9.59 Å². The summed E-state index contributed by atoms with van der Waals surface area (Å²) in [5.74, 6) is -1.07. The first kappa shape index (κ1) is 14.9. The lowest BCUT2D eigenvalue weighted by Crippen LogP contribution is -2.43. The number of amides is 2. The van der Waals surface area contributed by atoms with E-state index in [4.69, 9.17) is 9.84 Å². The van der Waals surface area contributed by atoms with Gasteiger partial charge in [-0.3, -0.25) is 4.98 Å². The van der Waals surface area contributed by atoms with E-state index in [1.165, 1.54) is 13.3 Å². The Morgan fingerprint density at radius 1 is 1.53 bits per heavy atom. The molecule has 0 saturated heterocycles. The van der Waals surface area contributed by atoms with E-state index in [0.29, 0.717) is 25.1 Å². The topological polar surface area (TPSA) is 101 Å². The summed E-state index contributed by atoms with van der Waals surface area (Å²) in [6.07, 6.45) is 3.92. The van der Waals surface area contributed by atoms with Gasteiger partial charge in [-0.05, 0) is 25.0 Å². The molecule has 0 aliphatic heterocycles. The van der Waals surface area contributed by atoms with Gasteiger partial charge < -0.3 is 20.5 Å². The SMILES string of the molecule is COCCCC(NC(=O)Nc1cccnc1)C(=O)O. The maximum atomic E-state index is 11.6. The van der Waals surface area contributed by atoms with Crippen molar-refractivity contribution in [3.8, 4) is 0 Å². The molecule has 0 aromatic carbocycles. The van der Waals surface area contributed by atoms with E-state index in [1.807, 2.05) is 0 Å². The van der Waals surface area contributed by atoms with Gasteiger partial charge in [-0.1, -0.05) is 0 Å². The molecule has 2 amide bonds. The maximum Gasteiger partial charge on any atom is 0.326 e. The zero-order chi connectivity index (χ0) is 14.1. The number of aliphatic carboxylic acids is 1. The standard InChI is InChI=1S/C12H17N3O4/c1-19-7-3-5-10(11(16)17)15-12(18)14-9-4-2-6-13-8-9/h2,4,6,8,10H,3,5,7H2,1H3,(H,16,17)(H2,14,15,18). The molecule has 1 unspecified atom stereocenters. The molecule has 104 valence electrons. The van der Waals surface area contributed by atoms with Crippen LogP contribution in [0.3, 0.4) is 0 Å². The van der Waals surface area contributed by atoms with Crippen LogP contribution in [0.5, 0.6) is 0 Å². The fraction of sp³-hybridized carbons (Fsp3) is 0.417. The molecule has 3 N–H and O–H groups in total. The van der Waals surface area contributed by atoms with Crippen molar-refractivity contribution in [2.45, 2.75) is 18.9 Å². The number of pyridine rings is 1. The Kier molecular flexibility index (Phi) is 6.31. The number of rotatable bonds is 7. The summed E-state index contributed by atoms with van der Waals surface area (Å²) in [5, 5.41) is 13.9. The predicted molar refractivity (Wildman–Crippen MR) is 68.9 cm³/mol. The van der Waals surface area contributed by atoms with Crippen molar-refractivity contribution < 1.29 is 19.4 Å². The lowest BCUT2D eigenvalue weighted by molar-refractivity contribution is -0.139. The molecule has 7 nitrogen and oxygen atoms in total. The summed E-state index contributed by atoms with van der Waals surface area (Å²) in [6.45, 7) is 0.454. The summed E-state index contributed by atoms with van der Waals surface area (Å²) in [4.78, 5) is 26.4. The van der Waals surface area contributed by atoms with Crippen LogP contribution in [0.4, 0.5) is 10.5 Å². The first-order valence-corrected chi connectivity index (χ1v) is 5.82. The summed E-state index contributed by atoms with van der Waals surface area (Å²) in [6, 6.07) is 1.82. The highest BCUT2D eigenvalue weighted by Gasteiger charge is 2.19. The average Bonchev–Trinajstić information content (AvgIpc) is 2.38. The number of ether oxygens (including phenoxy) is 1. The molecular formula is C12H17N3O4. The van der Waals surface area contributed by atoms with E-state index < -0.39 is 18.0 Å². The fourth-order valence-electron chi connectivity index (χ4n) is 1.45. The Hall–Kier alpha value is -2.15. The molecule has 0 radical (unpaired) electrons. The van der Waals surface area contributed by atoms with Gasteiger partial charge in [0.25, 0.3) is 0 Å². The van der Waals surface area contributed by atoms with Crippen molar-refractivity contribution in [3.05, 3.63) is 24.5 Å². The van der Waals surface area contributed by atoms with Crippen molar-refractivity contribution in [1.29, 1.82) is 0 Å². The molecule has 1 atom stereocenters. The van der Waals surface area contributed by atoms with Crippen LogP contribution in [0, 0.1) is 0 Å². The molecule has 0 spiro atoms. The number of anilines is 1. The molecule has 0 bridgehead atoms. The molecule has 1 heterocycles. The normalized spacial score (nSPS) is 11.6. The van der Waals surface area contributed by atoms with Crippen molar-refractivity contribution in [1.82, 2.24) is 10.3 Å². The third-order valence-electron chi connectivity index (χ3n) is 2.36. The Bertz CT molecular complexity index is 411. The highest BCUT2D eigenvalue weighted by atomic mass is 16.5. The van der Waals surface area contributed by atoms with Gasteiger partial charge in [0.1, 0.15) is 6.04 Å². The van der Waals surface area contributed by atoms with Crippen LogP contribution in [0.2, 0.25) is 0 Å². The monoisotopic (exact) mass is 267 g/mol. The third-order valence-corrected chi connectivity index (χ3v) is 2.36. The fourth-order valence-corrected chi connectivity index (χ4v) is 1.45. The van der Waals surface area contributed by atoms with Crippen LogP contribution < -0.4 is 10.6 Å². The van der Waals surface area contributed by atoms with Crippen molar-refractivity contribution in [2.24, 2.45) is 0 Å². The molecule has 1 aromatic rings. The number of nitrogens with zero attached hydrogens (tertiary/aromatic N) is 1. The Morgan fingerprint density at radius 3 is 2.89 bits per heavy atom. The number of carbonyl (C=O) groups is 2. The van der Waals surface area contributed by atoms with Crippen molar-refractivity contribution in [2.75, 3.05) is 19.0 Å². The minimum Gasteiger partial charge on any atom is -0.480 e. The zero-order valence-corrected chi connectivity index (χ0v) is 10.6. The number of nitrogens with one attached hydrogen (secondary N) is 2. The van der Waals surface area contributed by atoms with Crippen LogP contribution in [0.15, 0.2) is 24.5 Å². The third kappa shape index (κ3) is 5.82. The van der Waals surface area contributed by atoms with Crippen molar-refractivity contribution >= 4 is 17.7 Å². The number of hydrogen-bond donors (Lipinski definition) is 3. The molecule has 0 aliphatic carbocycles. The highest BCUT2D eigenvalue weighted by Crippen LogP contribution is 2.03. The first-order chi connectivity index (χ1) is 9.13. The minimum absolute atomic E-state index is 0.309. The van der Waals surface area contributed by atoms with Crippen molar-refractivity contribution in [3.63, 3.8) is 0 Å². The van der Waals surface area contributed by atoms with Gasteiger partial charge in [0, 0.05) is 19.9 Å². The molecule has 0 aliphatic rings. The highest BCUT2D eigenvalue weighted by molar-refractivity contribution is 5.92. The maximum absolute atomic E-state index is 11.6. The summed E-state index contributed by atoms with van der Waals surface area (Å²) in [7, 11) is 1.54. The van der Waals surface area contributed by atoms with E-state index in [2.05, 4.69) is 15.6 Å². The predicted octanol–water partition coefficient (Wildman–Crippen LogP) is 1.08. The largest absolute Gasteiger partial charge is 0.480 e. The molecular weight excluding hydrogens is 250 g/mol. The van der Waals surface area contributed by atoms with Crippen LogP contribution >= 0.6 is 0 Å². The number of methoxy groups -OCH3 is 1. The van der Waals surface area contributed by atoms with Gasteiger partial charge in [0.15, 0.2) is 0 Å². The zero-order valence-electron chi connectivity index (χ0n) is 10.6. The number of carboxylic acid groups (broad SMARTS) is 1. The molecule has 1 aromatic heterocycles. The van der Waals surface area contributed by atoms with Gasteiger partial charge in [-0.15, -0.1) is 0 Å². The molecule has 7 heteroatoms. The Labute approximate surface area is 111 Å². The second kappa shape index (κ2) is 8.04. The first-order valence-electron chi connectivity index (χ1n) is 5.82. The van der Waals surface area contributed by atoms with E-state index in [-0.39, 0.29) is 0 Å². The summed E-state index contributed by atoms with van der Waals surface area (Å²) >= 11 is 0. The van der Waals surface area contributed by atoms with E-state index >= 15 is 0 Å². The van der Waals surface area contributed by atoms with Gasteiger partial charge in [0.2, 0.25) is 0 Å². The Morgan fingerprint density at radius 2 is 2.32 bits per heavy atom. The minimum atomic E-state index is -1.07. The van der Waals surface area contributed by atoms with Crippen LogP contribution in [-0.4, -0.2) is 41.8 Å². The van der Waals surface area contributed by atoms with Gasteiger partial charge >= 0.3 is 12.0 Å². The number of aromatic nitrogens is 1. The number of urea groups is 1. The smallest absolute Gasteiger partial charge is 0.326 e. The van der Waals surface area contributed by atoms with Gasteiger partial charge in [-0.2, -0.15) is 0 Å². The second-order valence-corrected chi connectivity index (χ2v) is 3.87. The van der Waals surface area contributed by atoms with Gasteiger partial charge in [0.05, 0.1) is 11.9 Å². The van der Waals surface area contributed by atoms with Crippen LogP contribution in [0.25, 0.3) is 0 Å². The number of carboxylic acids is 1. The molecule has 0 saturated carbocycles. The number of hydrogen-bond acceptors (Lipinski definition) is 4.